The molecule has 0 heterocycles. The van der Waals surface area contributed by atoms with Crippen LogP contribution in [0.3, 0.4) is 0 Å². The predicted octanol–water partition coefficient (Wildman–Crippen LogP) is 12.0. The number of nitrogens with zero attached hydrogens (tertiary/aromatic N) is 1. The van der Waals surface area contributed by atoms with Crippen LogP contribution in [-0.2, 0) is 65.8 Å². The Balaban J connectivity index is -0.000000103. The van der Waals surface area contributed by atoms with E-state index in [0.29, 0.717) is 6.61 Å². The maximum atomic E-state index is 10.5. The van der Waals surface area contributed by atoms with Crippen LogP contribution < -0.4 is 0 Å². The van der Waals surface area contributed by atoms with Gasteiger partial charge < -0.3 is 14.7 Å². The molecule has 0 rings (SSSR count). The number of carbonyl (C=O) groups is 4. The molecule has 1 N–H and O–H groups in total. The Morgan fingerprint density at radius 2 is 0.926 bits per heavy atom. The molecule has 0 aromatic carbocycles. The van der Waals surface area contributed by atoms with Gasteiger partial charge in [0.2, 0.25) is 0 Å². The molecule has 0 saturated carbocycles. The van der Waals surface area contributed by atoms with Gasteiger partial charge in [-0.05, 0) is 103 Å². The number of unbranched alkanes of at least 4 members (excludes halogenated alkanes) is 3. The Morgan fingerprint density at radius 1 is 0.574 bits per heavy atom. The van der Waals surface area contributed by atoms with Crippen molar-refractivity contribution < 1.29 is 75.7 Å². The van der Waals surface area contributed by atoms with Gasteiger partial charge in [-0.3, -0.25) is 9.59 Å². The SMILES string of the molecule is CC/C=C\CC/C=C/C=C/C(=O)O.CC/C=C\CC/C=C/C=C/C(C)=O.CC/C=C\CC/C=C/C=C/C=O.CCN(CC)CC.CCOC(=O)Cl.[Ag].[O]=[Ag]. The fourth-order valence-corrected chi connectivity index (χ4v) is 3.29. The Hall–Kier alpha value is -2.53. The van der Waals surface area contributed by atoms with Crippen LogP contribution >= 0.6 is 11.6 Å². The monoisotopic (exact) mass is 961 g/mol. The minimum absolute atomic E-state index is 0. The van der Waals surface area contributed by atoms with Gasteiger partial charge in [0.25, 0.3) is 0 Å². The molecule has 11 heteroatoms. The molecule has 0 saturated heterocycles. The van der Waals surface area contributed by atoms with Gasteiger partial charge >= 0.3 is 35.7 Å². The van der Waals surface area contributed by atoms with E-state index in [9.17, 15) is 19.2 Å². The normalized spacial score (nSPS) is 10.8. The van der Waals surface area contributed by atoms with Crippen LogP contribution in [0.25, 0.3) is 0 Å². The Morgan fingerprint density at radius 3 is 1.17 bits per heavy atom. The van der Waals surface area contributed by atoms with Crippen LogP contribution in [0.1, 0.15) is 113 Å². The second-order valence-corrected chi connectivity index (χ2v) is 10.4. The van der Waals surface area contributed by atoms with Gasteiger partial charge in [-0.2, -0.15) is 0 Å². The van der Waals surface area contributed by atoms with Gasteiger partial charge in [-0.25, -0.2) is 9.59 Å². The summed E-state index contributed by atoms with van der Waals surface area (Å²) in [7, 11) is 0. The molecule has 0 aromatic heterocycles. The van der Waals surface area contributed by atoms with Crippen molar-refractivity contribution in [2.45, 2.75) is 113 Å². The second-order valence-electron chi connectivity index (χ2n) is 10.1. The van der Waals surface area contributed by atoms with Gasteiger partial charge in [0.15, 0.2) is 5.78 Å². The number of ketones is 1. The first kappa shape index (κ1) is 66.3. The van der Waals surface area contributed by atoms with E-state index in [1.165, 1.54) is 31.8 Å². The fourth-order valence-electron chi connectivity index (χ4n) is 3.18. The molecule has 0 amide bonds. The number of ether oxygens (including phenoxy) is 1. The van der Waals surface area contributed by atoms with Crippen LogP contribution in [0.15, 0.2) is 109 Å². The van der Waals surface area contributed by atoms with Gasteiger partial charge in [0.1, 0.15) is 6.29 Å². The summed E-state index contributed by atoms with van der Waals surface area (Å²) in [6, 6.07) is 0. The molecule has 0 aliphatic carbocycles. The van der Waals surface area contributed by atoms with Crippen LogP contribution in [-0.4, -0.2) is 59.7 Å². The number of carboxylic acid groups (broad SMARTS) is 1. The van der Waals surface area contributed by atoms with Crippen molar-refractivity contribution >= 4 is 35.1 Å². The molecular weight excluding hydrogens is 894 g/mol. The van der Waals surface area contributed by atoms with E-state index in [-0.39, 0.29) is 28.2 Å². The summed E-state index contributed by atoms with van der Waals surface area (Å²) in [6.07, 6.45) is 44.1. The van der Waals surface area contributed by atoms with Crippen LogP contribution in [0.2, 0.25) is 0 Å². The molecule has 1 radical (unpaired) electrons. The predicted molar refractivity (Wildman–Crippen MR) is 222 cm³/mol. The van der Waals surface area contributed by atoms with E-state index >= 15 is 0 Å². The summed E-state index contributed by atoms with van der Waals surface area (Å²) in [5.41, 5.74) is -0.738. The van der Waals surface area contributed by atoms with E-state index in [1.54, 1.807) is 59.2 Å². The first-order valence-electron chi connectivity index (χ1n) is 18.4. The number of allylic oxidation sites excluding steroid dienone is 17. The number of carboxylic acids is 1. The van der Waals surface area contributed by atoms with Crippen molar-refractivity contribution in [3.63, 3.8) is 0 Å². The molecule has 8 nitrogen and oxygen atoms in total. The number of halogens is 1. The first-order valence-corrected chi connectivity index (χ1v) is 19.3. The summed E-state index contributed by atoms with van der Waals surface area (Å²) in [5.74, 6) is -0.814. The van der Waals surface area contributed by atoms with Crippen molar-refractivity contribution in [2.24, 2.45) is 0 Å². The zero-order valence-electron chi connectivity index (χ0n) is 34.0. The van der Waals surface area contributed by atoms with E-state index in [2.05, 4.69) is 99.8 Å². The second kappa shape index (κ2) is 68.5. The van der Waals surface area contributed by atoms with Gasteiger partial charge in [-0.1, -0.05) is 133 Å². The molecule has 0 aromatic rings. The fraction of sp³-hybridized carbons (Fsp3) is 0.488. The number of aliphatic carboxylic acids is 1. The molecule has 0 bridgehead atoms. The van der Waals surface area contributed by atoms with E-state index in [0.717, 1.165) is 70.1 Å². The molecular formula is C43H70Ag2ClNO7. The topological polar surface area (TPSA) is 118 Å². The standard InChI is InChI=1S/C12H18O.C11H16O2.C11H16O.C6H15N.C3H5ClO2.2Ag.O/c1-3-4-5-6-7-8-9-10-11-12(2)13;1-2-3-4-5-6-7-8-9-10-11(12)13;1-2-3-4-5-6-7-8-9-10-11-12;1-4-7(5-2)6-3;1-2-6-3(4)5;;;/h4-5,8-11H,3,6-7H2,1-2H3;3-4,7-10H,2,5-6H2,1H3,(H,12,13);3-4,7-11H,2,5-6H2,1H3;4-6H2,1-3H3;2H2,1H3;;;/b5-4-,9-8+,11-10+;2*4-3-,8-7+,10-9+;;;;;. The zero-order valence-corrected chi connectivity index (χ0v) is 37.7. The third-order valence-electron chi connectivity index (χ3n) is 5.81. The van der Waals surface area contributed by atoms with Crippen molar-refractivity contribution in [3.05, 3.63) is 109 Å². The summed E-state index contributed by atoms with van der Waals surface area (Å²) in [6.45, 7) is 20.1. The first-order chi connectivity index (χ1) is 25.6. The Bertz CT molecular complexity index is 1020. The Labute approximate surface area is 362 Å². The van der Waals surface area contributed by atoms with Crippen LogP contribution in [0.5, 0.6) is 0 Å². The average molecular weight is 964 g/mol. The molecule has 0 aliphatic rings. The molecule has 0 aliphatic heterocycles. The molecule has 0 unspecified atom stereocenters. The molecule has 0 atom stereocenters. The number of carbonyl (C=O) groups excluding carboxylic acids is 3. The summed E-state index contributed by atoms with van der Waals surface area (Å²) in [5, 5.41) is 8.25. The Kier molecular flexibility index (Phi) is 84.1. The maximum absolute atomic E-state index is 10.5. The van der Waals surface area contributed by atoms with Crippen molar-refractivity contribution in [2.75, 3.05) is 26.2 Å². The van der Waals surface area contributed by atoms with Crippen molar-refractivity contribution in [3.8, 4) is 0 Å². The number of rotatable bonds is 22. The van der Waals surface area contributed by atoms with Gasteiger partial charge in [0, 0.05) is 40.1 Å². The number of hydrogen-bond acceptors (Lipinski definition) is 7. The minimum atomic E-state index is -0.907. The molecule has 0 spiro atoms. The zero-order chi connectivity index (χ0) is 41.6. The summed E-state index contributed by atoms with van der Waals surface area (Å²) >= 11 is 6.42. The van der Waals surface area contributed by atoms with Gasteiger partial charge in [0.05, 0.1) is 6.61 Å². The molecule has 0 fully saturated rings. The molecule has 54 heavy (non-hydrogen) atoms. The summed E-state index contributed by atoms with van der Waals surface area (Å²) < 4.78 is 12.2. The average Bonchev–Trinajstić information content (AvgIpc) is 3.14. The van der Waals surface area contributed by atoms with E-state index in [4.69, 9.17) is 20.0 Å². The van der Waals surface area contributed by atoms with Gasteiger partial charge in [-0.15, -0.1) is 0 Å². The van der Waals surface area contributed by atoms with Crippen LogP contribution in [0.4, 0.5) is 4.79 Å². The molecule has 318 valence electrons. The number of aldehydes is 1. The third-order valence-corrected chi connectivity index (χ3v) is 5.92. The van der Waals surface area contributed by atoms with E-state index in [1.807, 2.05) is 18.2 Å². The van der Waals surface area contributed by atoms with Crippen molar-refractivity contribution in [1.82, 2.24) is 4.90 Å². The quantitative estimate of drug-likeness (QED) is 0.0217. The third kappa shape index (κ3) is 92.4. The van der Waals surface area contributed by atoms with Crippen molar-refractivity contribution in [1.29, 1.82) is 0 Å². The summed E-state index contributed by atoms with van der Waals surface area (Å²) in [4.78, 5) is 42.3. The number of hydrogen-bond donors (Lipinski definition) is 1. The van der Waals surface area contributed by atoms with Crippen LogP contribution in [0, 0.1) is 0 Å². The van der Waals surface area contributed by atoms with E-state index < -0.39 is 11.4 Å².